The van der Waals surface area contributed by atoms with Gasteiger partial charge in [-0.05, 0) is 0 Å². The first-order valence-electron chi connectivity index (χ1n) is 3.29. The predicted octanol–water partition coefficient (Wildman–Crippen LogP) is -0.197. The molecule has 0 spiro atoms. The van der Waals surface area contributed by atoms with E-state index in [1.807, 2.05) is 0 Å². The van der Waals surface area contributed by atoms with E-state index in [9.17, 15) is 21.6 Å². The zero-order valence-electron chi connectivity index (χ0n) is 6.87. The van der Waals surface area contributed by atoms with E-state index >= 15 is 0 Å². The van der Waals surface area contributed by atoms with Crippen molar-refractivity contribution in [2.24, 2.45) is 0 Å². The van der Waals surface area contributed by atoms with E-state index in [1.165, 1.54) is 0 Å². The fourth-order valence-corrected chi connectivity index (χ4v) is 1.47. The van der Waals surface area contributed by atoms with Crippen LogP contribution in [-0.2, 0) is 10.0 Å². The van der Waals surface area contributed by atoms with Crippen molar-refractivity contribution < 1.29 is 26.7 Å². The summed E-state index contributed by atoms with van der Waals surface area (Å²) in [6.07, 6.45) is -3.92. The number of aliphatic hydroxyl groups is 1. The fourth-order valence-electron chi connectivity index (χ4n) is 0.674. The van der Waals surface area contributed by atoms with Gasteiger partial charge in [0, 0.05) is 6.54 Å². The Morgan fingerprint density at radius 2 is 1.85 bits per heavy atom. The number of rotatable bonds is 4. The monoisotopic (exact) mass is 221 g/mol. The van der Waals surface area contributed by atoms with Gasteiger partial charge in [-0.3, -0.25) is 0 Å². The van der Waals surface area contributed by atoms with E-state index in [4.69, 9.17) is 5.11 Å². The van der Waals surface area contributed by atoms with Gasteiger partial charge >= 0.3 is 6.18 Å². The molecule has 0 aliphatic carbocycles. The summed E-state index contributed by atoms with van der Waals surface area (Å²) in [4.78, 5) is 0. The maximum Gasteiger partial charge on any atom is 0.402 e. The van der Waals surface area contributed by atoms with Crippen LogP contribution in [0, 0.1) is 0 Å². The van der Waals surface area contributed by atoms with Crippen molar-refractivity contribution in [3.8, 4) is 0 Å². The predicted molar refractivity (Wildman–Crippen MR) is 39.6 cm³/mol. The first-order chi connectivity index (χ1) is 5.67. The number of sulfonamides is 1. The quantitative estimate of drug-likeness (QED) is 0.715. The molecule has 0 aromatic heterocycles. The molecule has 0 bridgehead atoms. The van der Waals surface area contributed by atoms with Crippen LogP contribution >= 0.6 is 0 Å². The Hall–Kier alpha value is -0.340. The molecule has 0 saturated carbocycles. The lowest BCUT2D eigenvalue weighted by atomic mass is 10.6. The molecule has 0 heterocycles. The Bertz CT molecular complexity index is 248. The van der Waals surface area contributed by atoms with E-state index < -0.39 is 35.9 Å². The topological polar surface area (TPSA) is 57.6 Å². The van der Waals surface area contributed by atoms with E-state index in [0.29, 0.717) is 6.26 Å². The first-order valence-corrected chi connectivity index (χ1v) is 5.14. The minimum absolute atomic E-state index is 0.174. The SMILES string of the molecule is CS(=O)(=O)N(CCO)CC(F)(F)F. The second-order valence-corrected chi connectivity index (χ2v) is 4.42. The molecule has 0 aliphatic rings. The van der Waals surface area contributed by atoms with E-state index in [1.54, 1.807) is 0 Å². The molecule has 0 unspecified atom stereocenters. The Morgan fingerprint density at radius 1 is 1.38 bits per heavy atom. The highest BCUT2D eigenvalue weighted by Gasteiger charge is 2.34. The van der Waals surface area contributed by atoms with Crippen LogP contribution in [0.1, 0.15) is 0 Å². The second-order valence-electron chi connectivity index (χ2n) is 2.44. The molecule has 0 radical (unpaired) electrons. The van der Waals surface area contributed by atoms with Gasteiger partial charge in [0.25, 0.3) is 0 Å². The Kier molecular flexibility index (Phi) is 4.14. The summed E-state index contributed by atoms with van der Waals surface area (Å²) in [6, 6.07) is 0. The lowest BCUT2D eigenvalue weighted by Gasteiger charge is -2.19. The lowest BCUT2D eigenvalue weighted by Crippen LogP contribution is -2.39. The van der Waals surface area contributed by atoms with Crippen molar-refractivity contribution in [3.63, 3.8) is 0 Å². The smallest absolute Gasteiger partial charge is 0.395 e. The number of nitrogens with zero attached hydrogens (tertiary/aromatic N) is 1. The van der Waals surface area contributed by atoms with Crippen LogP contribution < -0.4 is 0 Å². The third-order valence-corrected chi connectivity index (χ3v) is 2.42. The van der Waals surface area contributed by atoms with Crippen molar-refractivity contribution in [2.75, 3.05) is 26.0 Å². The second kappa shape index (κ2) is 4.25. The normalized spacial score (nSPS) is 13.7. The van der Waals surface area contributed by atoms with Crippen LogP contribution in [0.3, 0.4) is 0 Å². The van der Waals surface area contributed by atoms with Crippen LogP contribution in [-0.4, -0.2) is 50.0 Å². The number of aliphatic hydroxyl groups excluding tert-OH is 1. The maximum absolute atomic E-state index is 11.8. The molecule has 1 N–H and O–H groups in total. The zero-order valence-corrected chi connectivity index (χ0v) is 7.69. The number of hydrogen-bond donors (Lipinski definition) is 1. The molecular weight excluding hydrogens is 211 g/mol. The molecule has 0 aromatic rings. The van der Waals surface area contributed by atoms with Crippen molar-refractivity contribution in [2.45, 2.75) is 6.18 Å². The average Bonchev–Trinajstić information content (AvgIpc) is 1.81. The van der Waals surface area contributed by atoms with Gasteiger partial charge in [-0.15, -0.1) is 0 Å². The van der Waals surface area contributed by atoms with Gasteiger partial charge in [0.15, 0.2) is 0 Å². The number of alkyl halides is 3. The van der Waals surface area contributed by atoms with E-state index in [-0.39, 0.29) is 4.31 Å². The van der Waals surface area contributed by atoms with Gasteiger partial charge in [0.2, 0.25) is 10.0 Å². The summed E-state index contributed by atoms with van der Waals surface area (Å²) in [5, 5.41) is 8.32. The van der Waals surface area contributed by atoms with E-state index in [0.717, 1.165) is 0 Å². The zero-order chi connectivity index (χ0) is 10.7. The summed E-state index contributed by atoms with van der Waals surface area (Å²) >= 11 is 0. The molecule has 0 aromatic carbocycles. The van der Waals surface area contributed by atoms with Crippen molar-refractivity contribution in [3.05, 3.63) is 0 Å². The largest absolute Gasteiger partial charge is 0.402 e. The van der Waals surface area contributed by atoms with Gasteiger partial charge < -0.3 is 5.11 Å². The molecule has 0 rings (SSSR count). The molecule has 4 nitrogen and oxygen atoms in total. The van der Waals surface area contributed by atoms with Crippen molar-refractivity contribution >= 4 is 10.0 Å². The third-order valence-electron chi connectivity index (χ3n) is 1.17. The Labute approximate surface area is 74.0 Å². The van der Waals surface area contributed by atoms with Crippen LogP contribution in [0.5, 0.6) is 0 Å². The minimum atomic E-state index is -4.59. The number of hydrogen-bond acceptors (Lipinski definition) is 3. The average molecular weight is 221 g/mol. The standard InChI is InChI=1S/C5H10F3NO3S/c1-13(11,12)9(2-3-10)4-5(6,7)8/h10H,2-4H2,1H3. The Morgan fingerprint density at radius 3 is 2.08 bits per heavy atom. The maximum atomic E-state index is 11.8. The molecule has 0 fully saturated rings. The molecular formula is C5H10F3NO3S. The highest BCUT2D eigenvalue weighted by atomic mass is 32.2. The Balaban J connectivity index is 4.46. The van der Waals surface area contributed by atoms with Crippen LogP contribution in [0.15, 0.2) is 0 Å². The van der Waals surface area contributed by atoms with Gasteiger partial charge in [-0.1, -0.05) is 0 Å². The van der Waals surface area contributed by atoms with E-state index in [2.05, 4.69) is 0 Å². The summed E-state index contributed by atoms with van der Waals surface area (Å²) in [5.41, 5.74) is 0. The van der Waals surface area contributed by atoms with Crippen molar-refractivity contribution in [1.29, 1.82) is 0 Å². The van der Waals surface area contributed by atoms with Gasteiger partial charge in [0.05, 0.1) is 12.9 Å². The molecule has 0 amide bonds. The van der Waals surface area contributed by atoms with Gasteiger partial charge in [0.1, 0.15) is 6.54 Å². The van der Waals surface area contributed by atoms with Gasteiger partial charge in [-0.2, -0.15) is 17.5 Å². The summed E-state index contributed by atoms with van der Waals surface area (Å²) in [6.45, 7) is -2.74. The number of halogens is 3. The summed E-state index contributed by atoms with van der Waals surface area (Å²) in [5.74, 6) is 0. The molecule has 8 heteroatoms. The fraction of sp³-hybridized carbons (Fsp3) is 1.00. The first kappa shape index (κ1) is 12.7. The van der Waals surface area contributed by atoms with Crippen LogP contribution in [0.25, 0.3) is 0 Å². The minimum Gasteiger partial charge on any atom is -0.395 e. The van der Waals surface area contributed by atoms with Crippen LogP contribution in [0.4, 0.5) is 13.2 Å². The van der Waals surface area contributed by atoms with Crippen molar-refractivity contribution in [1.82, 2.24) is 4.31 Å². The molecule has 80 valence electrons. The highest BCUT2D eigenvalue weighted by molar-refractivity contribution is 7.88. The molecule has 0 aliphatic heterocycles. The molecule has 0 atom stereocenters. The third kappa shape index (κ3) is 5.83. The summed E-state index contributed by atoms with van der Waals surface area (Å²) < 4.78 is 56.9. The van der Waals surface area contributed by atoms with Gasteiger partial charge in [-0.25, -0.2) is 8.42 Å². The van der Waals surface area contributed by atoms with Crippen LogP contribution in [0.2, 0.25) is 0 Å². The lowest BCUT2D eigenvalue weighted by molar-refractivity contribution is -0.136. The molecule has 13 heavy (non-hydrogen) atoms. The molecule has 0 saturated heterocycles. The highest BCUT2D eigenvalue weighted by Crippen LogP contribution is 2.17. The summed E-state index contributed by atoms with van der Waals surface area (Å²) in [7, 11) is -3.91.